The molecule has 6 heteroatoms. The average Bonchev–Trinajstić information content (AvgIpc) is 2.30. The highest BCUT2D eigenvalue weighted by molar-refractivity contribution is 7.91. The van der Waals surface area contributed by atoms with Crippen molar-refractivity contribution in [1.82, 2.24) is 0 Å². The van der Waals surface area contributed by atoms with E-state index in [9.17, 15) is 8.42 Å². The zero-order valence-corrected chi connectivity index (χ0v) is 12.7. The van der Waals surface area contributed by atoms with E-state index >= 15 is 0 Å². The summed E-state index contributed by atoms with van der Waals surface area (Å²) in [4.78, 5) is 0.163. The van der Waals surface area contributed by atoms with Crippen molar-refractivity contribution < 1.29 is 8.42 Å². The van der Waals surface area contributed by atoms with E-state index < -0.39 is 9.84 Å². The molecule has 0 fully saturated rings. The zero-order chi connectivity index (χ0) is 13.9. The standard InChI is InChI=1S/C12H17Cl2NO2S/c1-3-8(2)12(15)7-18(16,17)9-4-5-10(13)11(14)6-9/h4-6,8,12H,3,7,15H2,1-2H3. The first-order valence-corrected chi connectivity index (χ1v) is 8.12. The molecule has 102 valence electrons. The third-order valence-corrected chi connectivity index (χ3v) is 5.57. The maximum absolute atomic E-state index is 12.1. The van der Waals surface area contributed by atoms with E-state index in [1.54, 1.807) is 0 Å². The van der Waals surface area contributed by atoms with E-state index in [2.05, 4.69) is 0 Å². The molecule has 0 aliphatic heterocycles. The van der Waals surface area contributed by atoms with Gasteiger partial charge in [-0.2, -0.15) is 0 Å². The van der Waals surface area contributed by atoms with Crippen LogP contribution in [0.4, 0.5) is 0 Å². The summed E-state index contributed by atoms with van der Waals surface area (Å²) in [7, 11) is -3.42. The smallest absolute Gasteiger partial charge is 0.179 e. The molecule has 0 aliphatic carbocycles. The van der Waals surface area contributed by atoms with Crippen LogP contribution in [0, 0.1) is 5.92 Å². The first kappa shape index (κ1) is 15.8. The average molecular weight is 310 g/mol. The summed E-state index contributed by atoms with van der Waals surface area (Å²) >= 11 is 11.6. The highest BCUT2D eigenvalue weighted by Gasteiger charge is 2.22. The quantitative estimate of drug-likeness (QED) is 0.909. The molecule has 1 rings (SSSR count). The van der Waals surface area contributed by atoms with Crippen LogP contribution in [-0.4, -0.2) is 20.2 Å². The van der Waals surface area contributed by atoms with Crippen molar-refractivity contribution in [2.75, 3.05) is 5.75 Å². The Bertz CT molecular complexity index is 517. The van der Waals surface area contributed by atoms with Crippen LogP contribution in [0.3, 0.4) is 0 Å². The topological polar surface area (TPSA) is 60.2 Å². The lowest BCUT2D eigenvalue weighted by Crippen LogP contribution is -2.35. The van der Waals surface area contributed by atoms with Gasteiger partial charge in [-0.05, 0) is 24.1 Å². The molecular formula is C12H17Cl2NO2S. The molecule has 2 unspecified atom stereocenters. The van der Waals surface area contributed by atoms with E-state index in [-0.39, 0.29) is 27.6 Å². The van der Waals surface area contributed by atoms with Gasteiger partial charge in [0.25, 0.3) is 0 Å². The van der Waals surface area contributed by atoms with Gasteiger partial charge < -0.3 is 5.73 Å². The summed E-state index contributed by atoms with van der Waals surface area (Å²) < 4.78 is 24.3. The first-order chi connectivity index (χ1) is 8.27. The first-order valence-electron chi connectivity index (χ1n) is 5.71. The van der Waals surface area contributed by atoms with Crippen LogP contribution in [0.1, 0.15) is 20.3 Å². The molecule has 3 nitrogen and oxygen atoms in total. The molecule has 0 spiro atoms. The van der Waals surface area contributed by atoms with E-state index in [1.807, 2.05) is 13.8 Å². The lowest BCUT2D eigenvalue weighted by atomic mass is 10.0. The SMILES string of the molecule is CCC(C)C(N)CS(=O)(=O)c1ccc(Cl)c(Cl)c1. The molecule has 0 saturated heterocycles. The van der Waals surface area contributed by atoms with E-state index in [0.717, 1.165) is 6.42 Å². The predicted octanol–water partition coefficient (Wildman–Crippen LogP) is 3.14. The normalized spacial score (nSPS) is 15.4. The van der Waals surface area contributed by atoms with Gasteiger partial charge in [-0.15, -0.1) is 0 Å². The minimum atomic E-state index is -3.42. The monoisotopic (exact) mass is 309 g/mol. The van der Waals surface area contributed by atoms with Crippen LogP contribution in [-0.2, 0) is 9.84 Å². The van der Waals surface area contributed by atoms with Crippen molar-refractivity contribution in [3.05, 3.63) is 28.2 Å². The van der Waals surface area contributed by atoms with Crippen molar-refractivity contribution >= 4 is 33.0 Å². The van der Waals surface area contributed by atoms with Crippen LogP contribution < -0.4 is 5.73 Å². The summed E-state index contributed by atoms with van der Waals surface area (Å²) in [6.07, 6.45) is 0.845. The van der Waals surface area contributed by atoms with Gasteiger partial charge in [0, 0.05) is 6.04 Å². The van der Waals surface area contributed by atoms with Crippen LogP contribution in [0.25, 0.3) is 0 Å². The molecule has 0 radical (unpaired) electrons. The predicted molar refractivity (Wildman–Crippen MR) is 75.9 cm³/mol. The van der Waals surface area contributed by atoms with Gasteiger partial charge in [-0.1, -0.05) is 43.5 Å². The second-order valence-corrected chi connectivity index (χ2v) is 7.26. The third-order valence-electron chi connectivity index (χ3n) is 3.04. The lowest BCUT2D eigenvalue weighted by molar-refractivity contribution is 0.466. The number of halogens is 2. The maximum atomic E-state index is 12.1. The fourth-order valence-corrected chi connectivity index (χ4v) is 3.45. The molecule has 0 amide bonds. The largest absolute Gasteiger partial charge is 0.327 e. The molecule has 18 heavy (non-hydrogen) atoms. The Balaban J connectivity index is 2.96. The number of hydrogen-bond acceptors (Lipinski definition) is 3. The van der Waals surface area contributed by atoms with Crippen molar-refractivity contribution in [3.8, 4) is 0 Å². The van der Waals surface area contributed by atoms with Crippen LogP contribution >= 0.6 is 23.2 Å². The van der Waals surface area contributed by atoms with Crippen LogP contribution in [0.2, 0.25) is 10.0 Å². The van der Waals surface area contributed by atoms with Crippen LogP contribution in [0.15, 0.2) is 23.1 Å². The van der Waals surface area contributed by atoms with Gasteiger partial charge in [0.2, 0.25) is 0 Å². The van der Waals surface area contributed by atoms with Crippen molar-refractivity contribution in [1.29, 1.82) is 0 Å². The molecule has 1 aromatic rings. The Kier molecular flexibility index (Phi) is 5.46. The molecule has 1 aromatic carbocycles. The lowest BCUT2D eigenvalue weighted by Gasteiger charge is -2.18. The Morgan fingerprint density at radius 2 is 1.89 bits per heavy atom. The summed E-state index contributed by atoms with van der Waals surface area (Å²) in [5, 5.41) is 0.566. The maximum Gasteiger partial charge on any atom is 0.179 e. The number of sulfone groups is 1. The van der Waals surface area contributed by atoms with Crippen molar-refractivity contribution in [2.45, 2.75) is 31.2 Å². The Hall–Kier alpha value is -0.290. The Morgan fingerprint density at radius 1 is 1.28 bits per heavy atom. The Labute approximate surface area is 118 Å². The summed E-state index contributed by atoms with van der Waals surface area (Å²) in [5.41, 5.74) is 5.88. The highest BCUT2D eigenvalue weighted by Crippen LogP contribution is 2.26. The van der Waals surface area contributed by atoms with Gasteiger partial charge >= 0.3 is 0 Å². The van der Waals surface area contributed by atoms with Gasteiger partial charge in [0.05, 0.1) is 20.7 Å². The third kappa shape index (κ3) is 3.85. The molecule has 2 N–H and O–H groups in total. The van der Waals surface area contributed by atoms with Crippen LogP contribution in [0.5, 0.6) is 0 Å². The summed E-state index contributed by atoms with van der Waals surface area (Å²) in [6, 6.07) is 3.91. The second kappa shape index (κ2) is 6.24. The van der Waals surface area contributed by atoms with E-state index in [0.29, 0.717) is 5.02 Å². The molecular weight excluding hydrogens is 293 g/mol. The number of benzene rings is 1. The summed E-state index contributed by atoms with van der Waals surface area (Å²) in [6.45, 7) is 3.92. The highest BCUT2D eigenvalue weighted by atomic mass is 35.5. The Morgan fingerprint density at radius 3 is 2.39 bits per heavy atom. The van der Waals surface area contributed by atoms with Gasteiger partial charge in [0.1, 0.15) is 0 Å². The number of hydrogen-bond donors (Lipinski definition) is 1. The molecule has 0 bridgehead atoms. The fourth-order valence-electron chi connectivity index (χ4n) is 1.49. The molecule has 0 saturated carbocycles. The molecule has 0 aliphatic rings. The van der Waals surface area contributed by atoms with E-state index in [1.165, 1.54) is 18.2 Å². The second-order valence-electron chi connectivity index (χ2n) is 4.41. The molecule has 2 atom stereocenters. The molecule has 0 aromatic heterocycles. The van der Waals surface area contributed by atoms with Crippen molar-refractivity contribution in [3.63, 3.8) is 0 Å². The minimum Gasteiger partial charge on any atom is -0.327 e. The van der Waals surface area contributed by atoms with Crippen molar-refractivity contribution in [2.24, 2.45) is 11.7 Å². The number of nitrogens with two attached hydrogens (primary N) is 1. The summed E-state index contributed by atoms with van der Waals surface area (Å²) in [5.74, 6) is 0.0718. The van der Waals surface area contributed by atoms with Gasteiger partial charge in [-0.3, -0.25) is 0 Å². The van der Waals surface area contributed by atoms with E-state index in [4.69, 9.17) is 28.9 Å². The number of rotatable bonds is 5. The zero-order valence-electron chi connectivity index (χ0n) is 10.4. The molecule has 0 heterocycles. The minimum absolute atomic E-state index is 0.0834. The van der Waals surface area contributed by atoms with Gasteiger partial charge in [-0.25, -0.2) is 8.42 Å². The van der Waals surface area contributed by atoms with Gasteiger partial charge in [0.15, 0.2) is 9.84 Å². The fraction of sp³-hybridized carbons (Fsp3) is 0.500.